The predicted molar refractivity (Wildman–Crippen MR) is 80.4 cm³/mol. The normalized spacial score (nSPS) is 19.2. The van der Waals surface area contributed by atoms with Crippen molar-refractivity contribution >= 4 is 5.82 Å². The Hall–Kier alpha value is -1.20. The van der Waals surface area contributed by atoms with Crippen molar-refractivity contribution in [3.63, 3.8) is 0 Å². The number of pyridine rings is 1. The van der Waals surface area contributed by atoms with Crippen molar-refractivity contribution in [3.05, 3.63) is 24.1 Å². The number of hydrogen-bond acceptors (Lipinski definition) is 4. The predicted octanol–water partition coefficient (Wildman–Crippen LogP) is 1.90. The number of rotatable bonds is 5. The maximum Gasteiger partial charge on any atom is 0.141 e. The summed E-state index contributed by atoms with van der Waals surface area (Å²) in [5.41, 5.74) is 0. The van der Waals surface area contributed by atoms with Gasteiger partial charge in [-0.15, -0.1) is 0 Å². The van der Waals surface area contributed by atoms with Gasteiger partial charge in [0.2, 0.25) is 0 Å². The Morgan fingerprint density at radius 3 is 2.50 bits per heavy atom. The molecular weight excluding hydrogens is 255 g/mol. The summed E-state index contributed by atoms with van der Waals surface area (Å²) in [5, 5.41) is 3.33. The quantitative estimate of drug-likeness (QED) is 0.893. The Bertz CT molecular complexity index is 399. The van der Waals surface area contributed by atoms with Crippen molar-refractivity contribution < 1.29 is 4.39 Å². The number of nitrogens with one attached hydrogen (secondary N) is 1. The summed E-state index contributed by atoms with van der Waals surface area (Å²) in [4.78, 5) is 8.96. The zero-order valence-electron chi connectivity index (χ0n) is 12.6. The van der Waals surface area contributed by atoms with E-state index in [0.717, 1.165) is 38.5 Å². The number of halogens is 1. The van der Waals surface area contributed by atoms with Crippen LogP contribution >= 0.6 is 0 Å². The monoisotopic (exact) mass is 280 g/mol. The number of hydrogen-bond donors (Lipinski definition) is 1. The summed E-state index contributed by atoms with van der Waals surface area (Å²) in [6, 6.07) is 3.61. The Labute approximate surface area is 121 Å². The summed E-state index contributed by atoms with van der Waals surface area (Å²) in [7, 11) is 2.17. The Kier molecular flexibility index (Phi) is 5.31. The van der Waals surface area contributed by atoms with Crippen LogP contribution in [0.4, 0.5) is 10.2 Å². The Balaban J connectivity index is 1.90. The third kappa shape index (κ3) is 4.15. The lowest BCUT2D eigenvalue weighted by Gasteiger charge is -2.40. The summed E-state index contributed by atoms with van der Waals surface area (Å²) in [6.07, 6.45) is 1.25. The average molecular weight is 280 g/mol. The van der Waals surface area contributed by atoms with Crippen LogP contribution in [0.5, 0.6) is 0 Å². The van der Waals surface area contributed by atoms with Crippen LogP contribution in [0.25, 0.3) is 0 Å². The Morgan fingerprint density at radius 1 is 1.25 bits per heavy atom. The fourth-order valence-corrected chi connectivity index (χ4v) is 2.63. The van der Waals surface area contributed by atoms with Crippen molar-refractivity contribution in [2.45, 2.75) is 19.9 Å². The van der Waals surface area contributed by atoms with E-state index in [4.69, 9.17) is 0 Å². The van der Waals surface area contributed by atoms with E-state index in [-0.39, 0.29) is 5.82 Å². The van der Waals surface area contributed by atoms with Crippen LogP contribution in [-0.4, -0.2) is 60.6 Å². The van der Waals surface area contributed by atoms with Crippen LogP contribution in [0.2, 0.25) is 0 Å². The van der Waals surface area contributed by atoms with Crippen LogP contribution in [0.3, 0.4) is 0 Å². The molecule has 1 atom stereocenters. The summed E-state index contributed by atoms with van der Waals surface area (Å²) < 4.78 is 12.8. The van der Waals surface area contributed by atoms with Crippen LogP contribution in [0.1, 0.15) is 13.8 Å². The first-order chi connectivity index (χ1) is 9.56. The molecule has 1 aromatic heterocycles. The van der Waals surface area contributed by atoms with E-state index in [9.17, 15) is 4.39 Å². The number of piperazine rings is 1. The fourth-order valence-electron chi connectivity index (χ4n) is 2.63. The molecule has 0 aliphatic carbocycles. The second kappa shape index (κ2) is 6.99. The van der Waals surface area contributed by atoms with E-state index < -0.39 is 0 Å². The first-order valence-corrected chi connectivity index (χ1v) is 7.34. The largest absolute Gasteiger partial charge is 0.368 e. The number of aromatic nitrogens is 1. The van der Waals surface area contributed by atoms with Gasteiger partial charge in [-0.25, -0.2) is 9.37 Å². The van der Waals surface area contributed by atoms with Gasteiger partial charge in [-0.2, -0.15) is 0 Å². The second-order valence-electron chi connectivity index (χ2n) is 5.89. The van der Waals surface area contributed by atoms with Crippen molar-refractivity contribution in [1.82, 2.24) is 14.8 Å². The highest BCUT2D eigenvalue weighted by Crippen LogP contribution is 2.14. The van der Waals surface area contributed by atoms with E-state index in [1.54, 1.807) is 6.07 Å². The molecule has 0 saturated carbocycles. The molecule has 1 aliphatic rings. The highest BCUT2D eigenvalue weighted by Gasteiger charge is 2.24. The van der Waals surface area contributed by atoms with E-state index in [2.05, 4.69) is 41.0 Å². The molecule has 0 bridgehead atoms. The van der Waals surface area contributed by atoms with E-state index >= 15 is 0 Å². The van der Waals surface area contributed by atoms with Gasteiger partial charge in [0, 0.05) is 38.8 Å². The second-order valence-corrected chi connectivity index (χ2v) is 5.89. The van der Waals surface area contributed by atoms with Crippen molar-refractivity contribution in [2.24, 2.45) is 5.92 Å². The standard InChI is InChI=1S/C15H25FN4/c1-12(2)14(20-8-6-19(3)7-9-20)11-18-15-5-4-13(16)10-17-15/h4-5,10,12,14H,6-9,11H2,1-3H3,(H,17,18). The molecule has 0 spiro atoms. The molecule has 1 N–H and O–H groups in total. The molecule has 0 radical (unpaired) electrons. The first-order valence-electron chi connectivity index (χ1n) is 7.34. The van der Waals surface area contributed by atoms with Crippen LogP contribution < -0.4 is 5.32 Å². The molecule has 1 unspecified atom stereocenters. The SMILES string of the molecule is CC(C)C(CNc1ccc(F)cn1)N1CCN(C)CC1. The number of nitrogens with zero attached hydrogens (tertiary/aromatic N) is 3. The van der Waals surface area contributed by atoms with Gasteiger partial charge in [0.1, 0.15) is 11.6 Å². The van der Waals surface area contributed by atoms with Crippen LogP contribution in [0.15, 0.2) is 18.3 Å². The van der Waals surface area contributed by atoms with Crippen LogP contribution in [0, 0.1) is 11.7 Å². The molecular formula is C15H25FN4. The lowest BCUT2D eigenvalue weighted by atomic mass is 10.0. The summed E-state index contributed by atoms with van der Waals surface area (Å²) in [5.74, 6) is 1.02. The third-order valence-electron chi connectivity index (χ3n) is 4.00. The minimum Gasteiger partial charge on any atom is -0.368 e. The number of anilines is 1. The maximum atomic E-state index is 12.8. The number of likely N-dealkylation sites (N-methyl/N-ethyl adjacent to an activating group) is 1. The molecule has 1 aromatic rings. The topological polar surface area (TPSA) is 31.4 Å². The van der Waals surface area contributed by atoms with E-state index in [1.165, 1.54) is 12.3 Å². The minimum atomic E-state index is -0.296. The van der Waals surface area contributed by atoms with E-state index in [1.807, 2.05) is 0 Å². The molecule has 20 heavy (non-hydrogen) atoms. The summed E-state index contributed by atoms with van der Waals surface area (Å²) in [6.45, 7) is 9.82. The zero-order chi connectivity index (χ0) is 14.5. The third-order valence-corrected chi connectivity index (χ3v) is 4.00. The van der Waals surface area contributed by atoms with Crippen molar-refractivity contribution in [3.8, 4) is 0 Å². The lowest BCUT2D eigenvalue weighted by molar-refractivity contribution is 0.0944. The van der Waals surface area contributed by atoms with Gasteiger partial charge in [-0.3, -0.25) is 4.90 Å². The van der Waals surface area contributed by atoms with Gasteiger partial charge in [-0.1, -0.05) is 13.8 Å². The lowest BCUT2D eigenvalue weighted by Crippen LogP contribution is -2.52. The molecule has 1 fully saturated rings. The van der Waals surface area contributed by atoms with Crippen LogP contribution in [-0.2, 0) is 0 Å². The first kappa shape index (κ1) is 15.2. The van der Waals surface area contributed by atoms with Gasteiger partial charge in [-0.05, 0) is 25.1 Å². The highest BCUT2D eigenvalue weighted by molar-refractivity contribution is 5.33. The van der Waals surface area contributed by atoms with E-state index in [0.29, 0.717) is 12.0 Å². The highest BCUT2D eigenvalue weighted by atomic mass is 19.1. The van der Waals surface area contributed by atoms with Crippen molar-refractivity contribution in [1.29, 1.82) is 0 Å². The Morgan fingerprint density at radius 2 is 1.95 bits per heavy atom. The smallest absolute Gasteiger partial charge is 0.141 e. The molecule has 2 heterocycles. The molecule has 0 amide bonds. The molecule has 1 saturated heterocycles. The molecule has 5 heteroatoms. The van der Waals surface area contributed by atoms with Crippen molar-refractivity contribution in [2.75, 3.05) is 45.1 Å². The average Bonchev–Trinajstić information content (AvgIpc) is 2.43. The molecule has 1 aliphatic heterocycles. The minimum absolute atomic E-state index is 0.296. The molecule has 4 nitrogen and oxygen atoms in total. The van der Waals surface area contributed by atoms with Gasteiger partial charge >= 0.3 is 0 Å². The van der Waals surface area contributed by atoms with Gasteiger partial charge in [0.25, 0.3) is 0 Å². The van der Waals surface area contributed by atoms with Gasteiger partial charge in [0.15, 0.2) is 0 Å². The molecule has 0 aromatic carbocycles. The van der Waals surface area contributed by atoms with Gasteiger partial charge in [0.05, 0.1) is 6.20 Å². The van der Waals surface area contributed by atoms with Gasteiger partial charge < -0.3 is 10.2 Å². The molecule has 112 valence electrons. The fraction of sp³-hybridized carbons (Fsp3) is 0.667. The maximum absolute atomic E-state index is 12.8. The zero-order valence-corrected chi connectivity index (χ0v) is 12.6. The molecule has 2 rings (SSSR count). The summed E-state index contributed by atoms with van der Waals surface area (Å²) >= 11 is 0.